The summed E-state index contributed by atoms with van der Waals surface area (Å²) in [6.07, 6.45) is 4.60. The number of aromatic nitrogens is 2. The number of imidazole rings is 1. The highest BCUT2D eigenvalue weighted by Gasteiger charge is 2.16. The van der Waals surface area contributed by atoms with Gasteiger partial charge < -0.3 is 15.4 Å². The lowest BCUT2D eigenvalue weighted by Gasteiger charge is -2.21. The molecular formula is C10H15N3O2. The Kier molecular flexibility index (Phi) is 3.01. The van der Waals surface area contributed by atoms with Crippen molar-refractivity contribution in [3.63, 3.8) is 0 Å². The SMILES string of the molecule is O=C(O)c1cnc(CC2CCCNC2)[nH]1. The van der Waals surface area contributed by atoms with Crippen molar-refractivity contribution in [1.82, 2.24) is 15.3 Å². The van der Waals surface area contributed by atoms with Crippen molar-refractivity contribution in [1.29, 1.82) is 0 Å². The molecule has 3 N–H and O–H groups in total. The Bertz CT molecular complexity index is 342. The molecular weight excluding hydrogens is 194 g/mol. The zero-order chi connectivity index (χ0) is 10.7. The van der Waals surface area contributed by atoms with Gasteiger partial charge in [-0.1, -0.05) is 0 Å². The minimum Gasteiger partial charge on any atom is -0.477 e. The monoisotopic (exact) mass is 209 g/mol. The van der Waals surface area contributed by atoms with Crippen LogP contribution in [0.2, 0.25) is 0 Å². The number of carbonyl (C=O) groups is 1. The summed E-state index contributed by atoms with van der Waals surface area (Å²) in [7, 11) is 0. The average molecular weight is 209 g/mol. The van der Waals surface area contributed by atoms with Gasteiger partial charge in [-0.25, -0.2) is 9.78 Å². The van der Waals surface area contributed by atoms with Crippen LogP contribution in [-0.2, 0) is 6.42 Å². The number of nitrogens with zero attached hydrogens (tertiary/aromatic N) is 1. The maximum absolute atomic E-state index is 10.6. The van der Waals surface area contributed by atoms with Crippen LogP contribution in [0.3, 0.4) is 0 Å². The lowest BCUT2D eigenvalue weighted by atomic mass is 9.96. The van der Waals surface area contributed by atoms with Gasteiger partial charge in [0.25, 0.3) is 0 Å². The molecule has 1 atom stereocenters. The standard InChI is InChI=1S/C10H15N3O2/c14-10(15)8-6-12-9(13-8)4-7-2-1-3-11-5-7/h6-7,11H,1-5H2,(H,12,13)(H,14,15). The fourth-order valence-corrected chi connectivity index (χ4v) is 1.95. The molecule has 1 aromatic rings. The first-order chi connectivity index (χ1) is 7.25. The van der Waals surface area contributed by atoms with E-state index in [1.807, 2.05) is 0 Å². The Labute approximate surface area is 87.9 Å². The van der Waals surface area contributed by atoms with Gasteiger partial charge in [-0.15, -0.1) is 0 Å². The van der Waals surface area contributed by atoms with Gasteiger partial charge in [0.15, 0.2) is 0 Å². The number of piperidine rings is 1. The first-order valence-electron chi connectivity index (χ1n) is 5.23. The van der Waals surface area contributed by atoms with Crippen molar-refractivity contribution in [2.45, 2.75) is 19.3 Å². The van der Waals surface area contributed by atoms with E-state index < -0.39 is 5.97 Å². The zero-order valence-corrected chi connectivity index (χ0v) is 8.49. The molecule has 1 saturated heterocycles. The maximum Gasteiger partial charge on any atom is 0.353 e. The number of aromatic amines is 1. The number of nitrogens with one attached hydrogen (secondary N) is 2. The Morgan fingerprint density at radius 1 is 1.67 bits per heavy atom. The second-order valence-electron chi connectivity index (χ2n) is 3.97. The van der Waals surface area contributed by atoms with E-state index in [1.54, 1.807) is 0 Å². The van der Waals surface area contributed by atoms with E-state index in [0.717, 1.165) is 25.3 Å². The number of aromatic carboxylic acids is 1. The summed E-state index contributed by atoms with van der Waals surface area (Å²) < 4.78 is 0. The Morgan fingerprint density at radius 3 is 3.13 bits per heavy atom. The first kappa shape index (κ1) is 10.2. The Morgan fingerprint density at radius 2 is 2.53 bits per heavy atom. The van der Waals surface area contributed by atoms with Crippen molar-refractivity contribution in [2.24, 2.45) is 5.92 Å². The molecule has 0 aromatic carbocycles. The smallest absolute Gasteiger partial charge is 0.353 e. The first-order valence-corrected chi connectivity index (χ1v) is 5.23. The molecule has 1 aromatic heterocycles. The quantitative estimate of drug-likeness (QED) is 0.683. The molecule has 0 amide bonds. The van der Waals surface area contributed by atoms with Gasteiger partial charge in [-0.3, -0.25) is 0 Å². The van der Waals surface area contributed by atoms with Crippen LogP contribution in [0.25, 0.3) is 0 Å². The van der Waals surface area contributed by atoms with E-state index in [1.165, 1.54) is 19.0 Å². The van der Waals surface area contributed by atoms with Gasteiger partial charge in [0.1, 0.15) is 11.5 Å². The minimum absolute atomic E-state index is 0.175. The van der Waals surface area contributed by atoms with Gasteiger partial charge in [0.05, 0.1) is 6.20 Å². The van der Waals surface area contributed by atoms with Crippen LogP contribution in [0.1, 0.15) is 29.2 Å². The van der Waals surface area contributed by atoms with Crippen molar-refractivity contribution in [3.8, 4) is 0 Å². The fourth-order valence-electron chi connectivity index (χ4n) is 1.95. The molecule has 1 aliphatic rings. The lowest BCUT2D eigenvalue weighted by molar-refractivity contribution is 0.0691. The highest BCUT2D eigenvalue weighted by atomic mass is 16.4. The van der Waals surface area contributed by atoms with Gasteiger partial charge in [-0.2, -0.15) is 0 Å². The molecule has 1 fully saturated rings. The minimum atomic E-state index is -0.949. The Hall–Kier alpha value is -1.36. The van der Waals surface area contributed by atoms with Crippen LogP contribution in [0.5, 0.6) is 0 Å². The highest BCUT2D eigenvalue weighted by Crippen LogP contribution is 2.14. The molecule has 15 heavy (non-hydrogen) atoms. The normalized spacial score (nSPS) is 21.5. The highest BCUT2D eigenvalue weighted by molar-refractivity contribution is 5.84. The largest absolute Gasteiger partial charge is 0.477 e. The number of carboxylic acids is 1. The Balaban J connectivity index is 1.94. The van der Waals surface area contributed by atoms with Crippen molar-refractivity contribution in [3.05, 3.63) is 17.7 Å². The van der Waals surface area contributed by atoms with Gasteiger partial charge >= 0.3 is 5.97 Å². The van der Waals surface area contributed by atoms with E-state index >= 15 is 0 Å². The number of hydrogen-bond donors (Lipinski definition) is 3. The molecule has 1 aliphatic heterocycles. The molecule has 5 heteroatoms. The van der Waals surface area contributed by atoms with Gasteiger partial charge in [0.2, 0.25) is 0 Å². The van der Waals surface area contributed by atoms with Crippen LogP contribution in [0.4, 0.5) is 0 Å². The van der Waals surface area contributed by atoms with Crippen LogP contribution in [0.15, 0.2) is 6.20 Å². The van der Waals surface area contributed by atoms with Gasteiger partial charge in [-0.05, 0) is 31.8 Å². The molecule has 82 valence electrons. The molecule has 2 heterocycles. The second kappa shape index (κ2) is 4.44. The molecule has 0 bridgehead atoms. The molecule has 5 nitrogen and oxygen atoms in total. The molecule has 0 aliphatic carbocycles. The van der Waals surface area contributed by atoms with Crippen LogP contribution < -0.4 is 5.32 Å². The van der Waals surface area contributed by atoms with Crippen molar-refractivity contribution < 1.29 is 9.90 Å². The number of hydrogen-bond acceptors (Lipinski definition) is 3. The van der Waals surface area contributed by atoms with Gasteiger partial charge in [0, 0.05) is 6.42 Å². The summed E-state index contributed by atoms with van der Waals surface area (Å²) in [5.41, 5.74) is 0.175. The maximum atomic E-state index is 10.6. The van der Waals surface area contributed by atoms with E-state index in [9.17, 15) is 4.79 Å². The van der Waals surface area contributed by atoms with Crippen molar-refractivity contribution in [2.75, 3.05) is 13.1 Å². The third-order valence-electron chi connectivity index (χ3n) is 2.74. The molecule has 2 rings (SSSR count). The van der Waals surface area contributed by atoms with E-state index in [2.05, 4.69) is 15.3 Å². The summed E-state index contributed by atoms with van der Waals surface area (Å²) in [5, 5.41) is 12.0. The predicted molar refractivity (Wildman–Crippen MR) is 54.8 cm³/mol. The van der Waals surface area contributed by atoms with E-state index in [4.69, 9.17) is 5.11 Å². The number of carboxylic acid groups (broad SMARTS) is 1. The molecule has 1 unspecified atom stereocenters. The van der Waals surface area contributed by atoms with Crippen LogP contribution >= 0.6 is 0 Å². The average Bonchev–Trinajstić information content (AvgIpc) is 2.68. The summed E-state index contributed by atoms with van der Waals surface area (Å²) in [4.78, 5) is 17.5. The van der Waals surface area contributed by atoms with E-state index in [-0.39, 0.29) is 5.69 Å². The van der Waals surface area contributed by atoms with E-state index in [0.29, 0.717) is 5.92 Å². The summed E-state index contributed by atoms with van der Waals surface area (Å²) in [5.74, 6) is 0.406. The third-order valence-corrected chi connectivity index (χ3v) is 2.74. The van der Waals surface area contributed by atoms with Crippen LogP contribution in [0, 0.1) is 5.92 Å². The summed E-state index contributed by atoms with van der Waals surface area (Å²) in [6.45, 7) is 2.10. The second-order valence-corrected chi connectivity index (χ2v) is 3.97. The molecule has 0 saturated carbocycles. The molecule has 0 spiro atoms. The third kappa shape index (κ3) is 2.56. The van der Waals surface area contributed by atoms with Crippen LogP contribution in [-0.4, -0.2) is 34.1 Å². The summed E-state index contributed by atoms with van der Waals surface area (Å²) >= 11 is 0. The number of H-pyrrole nitrogens is 1. The zero-order valence-electron chi connectivity index (χ0n) is 8.49. The fraction of sp³-hybridized carbons (Fsp3) is 0.600. The predicted octanol–water partition coefficient (Wildman–Crippen LogP) is 0.650. The van der Waals surface area contributed by atoms with Crippen molar-refractivity contribution >= 4 is 5.97 Å². The topological polar surface area (TPSA) is 78.0 Å². The molecule has 0 radical (unpaired) electrons. The lowest BCUT2D eigenvalue weighted by Crippen LogP contribution is -2.31. The number of rotatable bonds is 3. The summed E-state index contributed by atoms with van der Waals surface area (Å²) in [6, 6.07) is 0.